The van der Waals surface area contributed by atoms with Gasteiger partial charge in [-0.3, -0.25) is 4.79 Å². The van der Waals surface area contributed by atoms with Gasteiger partial charge in [-0.2, -0.15) is 0 Å². The number of carboxylic acids is 1. The Bertz CT molecular complexity index is 630. The van der Waals surface area contributed by atoms with Gasteiger partial charge < -0.3 is 20.1 Å². The summed E-state index contributed by atoms with van der Waals surface area (Å²) >= 11 is 0. The molecule has 124 valence electrons. The zero-order valence-electron chi connectivity index (χ0n) is 13.5. The van der Waals surface area contributed by atoms with E-state index in [1.165, 1.54) is 4.90 Å². The Hall–Kier alpha value is -1.42. The molecular weight excluding hydrogens is 313 g/mol. The fraction of sp³-hybridized carbons (Fsp3) is 0.500. The predicted molar refractivity (Wildman–Crippen MR) is 75.0 cm³/mol. The molecule has 1 aromatic carbocycles. The Kier molecular flexibility index (Phi) is 5.69. The minimum atomic E-state index is -1.39. The average molecular weight is 330 g/mol. The van der Waals surface area contributed by atoms with E-state index in [1.54, 1.807) is 0 Å². The summed E-state index contributed by atoms with van der Waals surface area (Å²) in [6, 6.07) is 2.25. The molecular formula is C16H17F2LiN2O3. The van der Waals surface area contributed by atoms with E-state index in [4.69, 9.17) is 0 Å². The molecule has 0 bridgehead atoms. The van der Waals surface area contributed by atoms with Crippen LogP contribution < -0.4 is 29.3 Å². The molecule has 3 rings (SSSR count). The number of nitrogens with zero attached hydrogens (tertiary/aromatic N) is 1. The maximum atomic E-state index is 13.5. The maximum absolute atomic E-state index is 13.5. The Morgan fingerprint density at radius 1 is 1.25 bits per heavy atom. The number of benzene rings is 1. The number of hydrogen-bond acceptors (Lipinski definition) is 4. The van der Waals surface area contributed by atoms with Gasteiger partial charge in [0.1, 0.15) is 11.6 Å². The van der Waals surface area contributed by atoms with Crippen molar-refractivity contribution in [1.29, 1.82) is 0 Å². The summed E-state index contributed by atoms with van der Waals surface area (Å²) in [5.74, 6) is -3.25. The second-order valence-corrected chi connectivity index (χ2v) is 6.19. The molecule has 1 atom stereocenters. The van der Waals surface area contributed by atoms with Crippen LogP contribution in [-0.2, 0) is 9.59 Å². The number of halogens is 2. The molecule has 24 heavy (non-hydrogen) atoms. The number of carbonyl (C=O) groups excluding carboxylic acids is 2. The average Bonchev–Trinajstić information content (AvgIpc) is 2.92. The molecule has 1 saturated carbocycles. The molecule has 1 N–H and O–H groups in total. The van der Waals surface area contributed by atoms with Crippen LogP contribution in [0.25, 0.3) is 0 Å². The zero-order valence-corrected chi connectivity index (χ0v) is 13.5. The smallest absolute Gasteiger partial charge is 0.548 e. The fourth-order valence-corrected chi connectivity index (χ4v) is 3.65. The molecule has 5 nitrogen and oxygen atoms in total. The normalized spacial score (nSPS) is 22.5. The molecule has 2 fully saturated rings. The van der Waals surface area contributed by atoms with Crippen LogP contribution in [-0.4, -0.2) is 35.4 Å². The minimum Gasteiger partial charge on any atom is -0.548 e. The number of hydrogen-bond donors (Lipinski definition) is 1. The van der Waals surface area contributed by atoms with Crippen molar-refractivity contribution in [3.05, 3.63) is 35.4 Å². The minimum absolute atomic E-state index is 0. The standard InChI is InChI=1S/C16H18F2N2O3.Li/c17-11-5-10(6-12(18)7-11)13-8-19-16(3-1-2-4-16)15(23)20(13)9-14(21)22;/h5-7,13,19H,1-4,8-9H2,(H,21,22);/q;+1/p-1/t13-;/m0./s1. The molecule has 1 amide bonds. The van der Waals surface area contributed by atoms with Gasteiger partial charge >= 0.3 is 18.9 Å². The van der Waals surface area contributed by atoms with Crippen molar-refractivity contribution in [3.63, 3.8) is 0 Å². The molecule has 1 spiro atoms. The van der Waals surface area contributed by atoms with E-state index in [1.807, 2.05) is 0 Å². The van der Waals surface area contributed by atoms with Crippen LogP contribution in [0.3, 0.4) is 0 Å². The van der Waals surface area contributed by atoms with Crippen molar-refractivity contribution >= 4 is 11.9 Å². The predicted octanol–water partition coefficient (Wildman–Crippen LogP) is -2.50. The fourth-order valence-electron chi connectivity index (χ4n) is 3.65. The maximum Gasteiger partial charge on any atom is 1.00 e. The van der Waals surface area contributed by atoms with E-state index in [9.17, 15) is 23.5 Å². The summed E-state index contributed by atoms with van der Waals surface area (Å²) in [5, 5.41) is 14.2. The van der Waals surface area contributed by atoms with E-state index in [-0.39, 0.29) is 36.9 Å². The van der Waals surface area contributed by atoms with Gasteiger partial charge in [0.2, 0.25) is 5.91 Å². The van der Waals surface area contributed by atoms with E-state index in [0.29, 0.717) is 12.8 Å². The van der Waals surface area contributed by atoms with E-state index in [2.05, 4.69) is 5.32 Å². The molecule has 0 unspecified atom stereocenters. The van der Waals surface area contributed by atoms with Gasteiger partial charge in [0.25, 0.3) is 0 Å². The van der Waals surface area contributed by atoms with Crippen LogP contribution in [0, 0.1) is 11.6 Å². The summed E-state index contributed by atoms with van der Waals surface area (Å²) in [4.78, 5) is 25.0. The number of nitrogens with one attached hydrogen (secondary N) is 1. The Morgan fingerprint density at radius 2 is 1.83 bits per heavy atom. The van der Waals surface area contributed by atoms with Gasteiger partial charge in [0.15, 0.2) is 0 Å². The topological polar surface area (TPSA) is 72.5 Å². The van der Waals surface area contributed by atoms with E-state index >= 15 is 0 Å². The number of amides is 1. The van der Waals surface area contributed by atoms with Gasteiger partial charge in [-0.1, -0.05) is 12.8 Å². The van der Waals surface area contributed by atoms with Gasteiger partial charge in [0, 0.05) is 12.6 Å². The van der Waals surface area contributed by atoms with Crippen molar-refractivity contribution in [2.75, 3.05) is 13.1 Å². The molecule has 0 aromatic heterocycles. The molecule has 8 heteroatoms. The summed E-state index contributed by atoms with van der Waals surface area (Å²) in [6.45, 7) is -0.340. The Morgan fingerprint density at radius 3 is 2.38 bits per heavy atom. The Labute approximate surface area is 150 Å². The SMILES string of the molecule is O=C([O-])CN1C(=O)C2(CCCC2)NC[C@H]1c1cc(F)cc(F)c1.[Li+]. The van der Waals surface area contributed by atoms with E-state index < -0.39 is 35.7 Å². The third-order valence-electron chi connectivity index (χ3n) is 4.71. The zero-order chi connectivity index (χ0) is 16.6. The van der Waals surface area contributed by atoms with Gasteiger partial charge in [-0.15, -0.1) is 0 Å². The first-order chi connectivity index (χ1) is 10.9. The first-order valence-electron chi connectivity index (χ1n) is 7.63. The summed E-state index contributed by atoms with van der Waals surface area (Å²) in [7, 11) is 0. The summed E-state index contributed by atoms with van der Waals surface area (Å²) in [5.41, 5.74) is -0.518. The molecule has 0 radical (unpaired) electrons. The van der Waals surface area contributed by atoms with Crippen molar-refractivity contribution in [2.45, 2.75) is 37.3 Å². The van der Waals surface area contributed by atoms with Crippen LogP contribution in [0.1, 0.15) is 37.3 Å². The third kappa shape index (κ3) is 3.48. The molecule has 1 aliphatic carbocycles. The quantitative estimate of drug-likeness (QED) is 0.622. The largest absolute Gasteiger partial charge is 1.00 e. The summed E-state index contributed by atoms with van der Waals surface area (Å²) in [6.07, 6.45) is 3.05. The second-order valence-electron chi connectivity index (χ2n) is 6.19. The van der Waals surface area contributed by atoms with E-state index in [0.717, 1.165) is 31.0 Å². The van der Waals surface area contributed by atoms with Crippen LogP contribution in [0.5, 0.6) is 0 Å². The molecule has 2 aliphatic rings. The van der Waals surface area contributed by atoms with Crippen LogP contribution >= 0.6 is 0 Å². The molecule has 1 aliphatic heterocycles. The van der Waals surface area contributed by atoms with Gasteiger partial charge in [-0.25, -0.2) is 8.78 Å². The van der Waals surface area contributed by atoms with Gasteiger partial charge in [0.05, 0.1) is 24.1 Å². The number of rotatable bonds is 3. The number of carboxylic acid groups (broad SMARTS) is 1. The number of piperazine rings is 1. The van der Waals surface area contributed by atoms with Crippen LogP contribution in [0.2, 0.25) is 0 Å². The number of carbonyl (C=O) groups is 2. The monoisotopic (exact) mass is 330 g/mol. The second kappa shape index (κ2) is 7.22. The van der Waals surface area contributed by atoms with Crippen LogP contribution in [0.15, 0.2) is 18.2 Å². The number of aliphatic carboxylic acids is 1. The van der Waals surface area contributed by atoms with Crippen molar-refractivity contribution in [1.82, 2.24) is 10.2 Å². The van der Waals surface area contributed by atoms with Crippen molar-refractivity contribution < 1.29 is 42.3 Å². The molecule has 1 heterocycles. The third-order valence-corrected chi connectivity index (χ3v) is 4.71. The van der Waals surface area contributed by atoms with Gasteiger partial charge in [-0.05, 0) is 30.5 Å². The first kappa shape index (κ1) is 18.9. The first-order valence-corrected chi connectivity index (χ1v) is 7.63. The van der Waals surface area contributed by atoms with Crippen LogP contribution in [0.4, 0.5) is 8.78 Å². The van der Waals surface area contributed by atoms with Crippen molar-refractivity contribution in [3.8, 4) is 0 Å². The summed E-state index contributed by atoms with van der Waals surface area (Å²) < 4.78 is 26.9. The van der Waals surface area contributed by atoms with Crippen molar-refractivity contribution in [2.24, 2.45) is 0 Å². The molecule has 1 aromatic rings. The molecule has 1 saturated heterocycles. The Balaban J connectivity index is 0.00000208.